The summed E-state index contributed by atoms with van der Waals surface area (Å²) in [6, 6.07) is 7.16. The van der Waals surface area contributed by atoms with Crippen LogP contribution in [-0.2, 0) is 9.47 Å². The van der Waals surface area contributed by atoms with E-state index in [4.69, 9.17) is 14.3 Å². The molecule has 0 saturated heterocycles. The predicted molar refractivity (Wildman–Crippen MR) is 75.8 cm³/mol. The van der Waals surface area contributed by atoms with Crippen molar-refractivity contribution in [1.29, 1.82) is 0 Å². The van der Waals surface area contributed by atoms with Crippen LogP contribution in [-0.4, -0.2) is 40.1 Å². The predicted octanol–water partition coefficient (Wildman–Crippen LogP) is 2.20. The number of carbonyl (C=O) groups excluding carboxylic acids is 1. The van der Waals surface area contributed by atoms with Gasteiger partial charge in [-0.2, -0.15) is 0 Å². The summed E-state index contributed by atoms with van der Waals surface area (Å²) >= 11 is 0. The maximum atomic E-state index is 11.6. The lowest BCUT2D eigenvalue weighted by molar-refractivity contribution is -0.0345. The van der Waals surface area contributed by atoms with Gasteiger partial charge in [0.15, 0.2) is 0 Å². The van der Waals surface area contributed by atoms with Gasteiger partial charge in [0.05, 0.1) is 12.2 Å². The fourth-order valence-electron chi connectivity index (χ4n) is 1.85. The van der Waals surface area contributed by atoms with E-state index in [9.17, 15) is 4.79 Å². The zero-order chi connectivity index (χ0) is 15.3. The molecular formula is C14H19N3O4. The van der Waals surface area contributed by atoms with E-state index in [2.05, 4.69) is 10.3 Å². The molecule has 0 radical (unpaired) electrons. The first-order valence-corrected chi connectivity index (χ1v) is 6.81. The van der Waals surface area contributed by atoms with E-state index in [1.165, 1.54) is 0 Å². The Morgan fingerprint density at radius 2 is 2.10 bits per heavy atom. The van der Waals surface area contributed by atoms with E-state index in [0.29, 0.717) is 24.1 Å². The molecule has 7 nitrogen and oxygen atoms in total. The number of carbonyl (C=O) groups is 1. The second kappa shape index (κ2) is 6.53. The number of hydrogen-bond donors (Lipinski definition) is 0. The summed E-state index contributed by atoms with van der Waals surface area (Å²) in [4.78, 5) is 17.7. The van der Waals surface area contributed by atoms with Gasteiger partial charge < -0.3 is 9.47 Å². The molecule has 0 fully saturated rings. The molecule has 0 amide bonds. The van der Waals surface area contributed by atoms with Crippen molar-refractivity contribution in [3.05, 3.63) is 24.3 Å². The van der Waals surface area contributed by atoms with Gasteiger partial charge in [-0.25, -0.2) is 4.79 Å². The highest BCUT2D eigenvalue weighted by molar-refractivity contribution is 5.74. The normalized spacial score (nSPS) is 11.6. The standard InChI is InChI=1S/C14H19N3O4/c1-4-20-14(2,3)9-10-19-13(18)21-17-12-8-6-5-7-11(12)15-16-17/h5-8H,4,9-10H2,1-3H3. The highest BCUT2D eigenvalue weighted by Gasteiger charge is 2.19. The highest BCUT2D eigenvalue weighted by atomic mass is 16.8. The molecule has 7 heteroatoms. The van der Waals surface area contributed by atoms with E-state index in [1.54, 1.807) is 12.1 Å². The summed E-state index contributed by atoms with van der Waals surface area (Å²) < 4.78 is 10.5. The Labute approximate surface area is 122 Å². The number of para-hydroxylation sites is 1. The van der Waals surface area contributed by atoms with E-state index in [1.807, 2.05) is 32.9 Å². The van der Waals surface area contributed by atoms with E-state index in [0.717, 1.165) is 4.85 Å². The van der Waals surface area contributed by atoms with Crippen molar-refractivity contribution >= 4 is 17.2 Å². The summed E-state index contributed by atoms with van der Waals surface area (Å²) in [6.07, 6.45) is -0.244. The van der Waals surface area contributed by atoms with Gasteiger partial charge in [0.2, 0.25) is 0 Å². The minimum atomic E-state index is -0.821. The summed E-state index contributed by atoms with van der Waals surface area (Å²) in [7, 11) is 0. The van der Waals surface area contributed by atoms with Crippen LogP contribution >= 0.6 is 0 Å². The first kappa shape index (κ1) is 15.2. The van der Waals surface area contributed by atoms with Crippen molar-refractivity contribution in [1.82, 2.24) is 15.2 Å². The smallest absolute Gasteiger partial charge is 0.433 e. The fourth-order valence-corrected chi connectivity index (χ4v) is 1.85. The van der Waals surface area contributed by atoms with Crippen molar-refractivity contribution in [3.8, 4) is 0 Å². The Balaban J connectivity index is 1.85. The molecular weight excluding hydrogens is 274 g/mol. The second-order valence-electron chi connectivity index (χ2n) is 5.08. The minimum Gasteiger partial charge on any atom is -0.433 e. The number of hydrogen-bond acceptors (Lipinski definition) is 6. The lowest BCUT2D eigenvalue weighted by atomic mass is 10.1. The molecule has 0 saturated carbocycles. The Morgan fingerprint density at radius 3 is 2.86 bits per heavy atom. The molecule has 2 rings (SSSR count). The Hall–Kier alpha value is -2.15. The van der Waals surface area contributed by atoms with Gasteiger partial charge in [-0.3, -0.25) is 4.84 Å². The van der Waals surface area contributed by atoms with Crippen LogP contribution in [0.1, 0.15) is 27.2 Å². The molecule has 0 spiro atoms. The first-order chi connectivity index (χ1) is 10.0. The van der Waals surface area contributed by atoms with Gasteiger partial charge in [-0.05, 0) is 38.1 Å². The molecule has 0 unspecified atom stereocenters. The van der Waals surface area contributed by atoms with Gasteiger partial charge in [0.1, 0.15) is 11.0 Å². The van der Waals surface area contributed by atoms with Crippen molar-refractivity contribution in [2.45, 2.75) is 32.8 Å². The number of aromatic nitrogens is 3. The molecule has 1 heterocycles. The van der Waals surface area contributed by atoms with E-state index >= 15 is 0 Å². The van der Waals surface area contributed by atoms with Gasteiger partial charge in [0.25, 0.3) is 0 Å². The molecule has 0 N–H and O–H groups in total. The van der Waals surface area contributed by atoms with Crippen LogP contribution in [0, 0.1) is 0 Å². The third kappa shape index (κ3) is 4.16. The average Bonchev–Trinajstić information content (AvgIpc) is 2.82. The molecule has 0 aliphatic heterocycles. The first-order valence-electron chi connectivity index (χ1n) is 6.81. The lowest BCUT2D eigenvalue weighted by Crippen LogP contribution is -2.28. The number of fused-ring (bicyclic) bond motifs is 1. The van der Waals surface area contributed by atoms with E-state index < -0.39 is 6.16 Å². The van der Waals surface area contributed by atoms with Crippen LogP contribution in [0.25, 0.3) is 11.0 Å². The minimum absolute atomic E-state index is 0.207. The molecule has 0 aliphatic rings. The average molecular weight is 293 g/mol. The van der Waals surface area contributed by atoms with Crippen molar-refractivity contribution in [3.63, 3.8) is 0 Å². The zero-order valence-corrected chi connectivity index (χ0v) is 12.4. The van der Waals surface area contributed by atoms with Crippen LogP contribution in [0.4, 0.5) is 4.79 Å². The lowest BCUT2D eigenvalue weighted by Gasteiger charge is -2.23. The fraction of sp³-hybridized carbons (Fsp3) is 0.500. The van der Waals surface area contributed by atoms with Gasteiger partial charge in [-0.1, -0.05) is 17.0 Å². The molecule has 114 valence electrons. The van der Waals surface area contributed by atoms with Gasteiger partial charge in [0, 0.05) is 13.0 Å². The second-order valence-corrected chi connectivity index (χ2v) is 5.08. The van der Waals surface area contributed by atoms with Crippen LogP contribution in [0.15, 0.2) is 24.3 Å². The summed E-state index contributed by atoms with van der Waals surface area (Å²) in [6.45, 7) is 6.62. The number of rotatable bonds is 6. The summed E-state index contributed by atoms with van der Waals surface area (Å²) in [5.74, 6) is 0. The maximum Gasteiger partial charge on any atom is 0.535 e. The third-order valence-corrected chi connectivity index (χ3v) is 2.94. The Morgan fingerprint density at radius 1 is 1.33 bits per heavy atom. The summed E-state index contributed by atoms with van der Waals surface area (Å²) in [5.41, 5.74) is 0.904. The monoisotopic (exact) mass is 293 g/mol. The number of ether oxygens (including phenoxy) is 2. The maximum absolute atomic E-state index is 11.6. The zero-order valence-electron chi connectivity index (χ0n) is 12.4. The number of benzene rings is 1. The molecule has 0 aliphatic carbocycles. The van der Waals surface area contributed by atoms with Gasteiger partial charge in [-0.15, -0.1) is 5.10 Å². The molecule has 0 atom stereocenters. The van der Waals surface area contributed by atoms with Gasteiger partial charge >= 0.3 is 6.16 Å². The van der Waals surface area contributed by atoms with Crippen molar-refractivity contribution < 1.29 is 19.1 Å². The van der Waals surface area contributed by atoms with Crippen molar-refractivity contribution in [2.75, 3.05) is 13.2 Å². The van der Waals surface area contributed by atoms with Crippen LogP contribution in [0.3, 0.4) is 0 Å². The van der Waals surface area contributed by atoms with E-state index in [-0.39, 0.29) is 12.2 Å². The van der Waals surface area contributed by atoms with Crippen molar-refractivity contribution in [2.24, 2.45) is 0 Å². The quantitative estimate of drug-likeness (QED) is 0.600. The Bertz CT molecular complexity index is 609. The number of nitrogens with zero attached hydrogens (tertiary/aromatic N) is 3. The third-order valence-electron chi connectivity index (χ3n) is 2.94. The topological polar surface area (TPSA) is 75.5 Å². The molecule has 0 bridgehead atoms. The van der Waals surface area contributed by atoms with Crippen LogP contribution in [0.2, 0.25) is 0 Å². The molecule has 2 aromatic rings. The van der Waals surface area contributed by atoms with Crippen LogP contribution < -0.4 is 4.84 Å². The molecule has 1 aromatic heterocycles. The van der Waals surface area contributed by atoms with Crippen LogP contribution in [0.5, 0.6) is 0 Å². The highest BCUT2D eigenvalue weighted by Crippen LogP contribution is 2.14. The largest absolute Gasteiger partial charge is 0.535 e. The summed E-state index contributed by atoms with van der Waals surface area (Å²) in [5, 5.41) is 7.62. The SMILES string of the molecule is CCOC(C)(C)CCOC(=O)On1nnc2ccccc21. The molecule has 21 heavy (non-hydrogen) atoms. The molecule has 1 aromatic carbocycles. The Kier molecular flexibility index (Phi) is 4.74.